The average molecular weight is 266 g/mol. The Labute approximate surface area is 109 Å². The van der Waals surface area contributed by atoms with Crippen molar-refractivity contribution >= 4 is 0 Å². The van der Waals surface area contributed by atoms with Gasteiger partial charge in [0.1, 0.15) is 0 Å². The number of hydrogen-bond acceptors (Lipinski definition) is 1. The molecule has 100 valence electrons. The number of rotatable bonds is 2. The molecule has 2 rings (SSSR count). The molecule has 0 unspecified atom stereocenters. The van der Waals surface area contributed by atoms with E-state index in [9.17, 15) is 18.3 Å². The second-order valence-electron chi connectivity index (χ2n) is 4.37. The van der Waals surface area contributed by atoms with Crippen LogP contribution in [0.4, 0.5) is 13.2 Å². The monoisotopic (exact) mass is 266 g/mol. The number of aliphatic hydroxyl groups excluding tert-OH is 1. The van der Waals surface area contributed by atoms with Crippen LogP contribution in [0.2, 0.25) is 0 Å². The molecule has 0 heterocycles. The summed E-state index contributed by atoms with van der Waals surface area (Å²) in [5.41, 5.74) is 1.65. The van der Waals surface area contributed by atoms with Gasteiger partial charge < -0.3 is 5.11 Å². The fourth-order valence-corrected chi connectivity index (χ4v) is 1.81. The molecular weight excluding hydrogens is 253 g/mol. The maximum absolute atomic E-state index is 12.4. The second-order valence-corrected chi connectivity index (χ2v) is 4.37. The maximum Gasteiger partial charge on any atom is 0.416 e. The van der Waals surface area contributed by atoms with E-state index >= 15 is 0 Å². The Balaban J connectivity index is 2.27. The molecule has 2 aromatic rings. The summed E-state index contributed by atoms with van der Waals surface area (Å²) < 4.78 is 37.3. The third-order valence-electron chi connectivity index (χ3n) is 2.94. The average Bonchev–Trinajstić information content (AvgIpc) is 2.38. The van der Waals surface area contributed by atoms with Gasteiger partial charge in [0.25, 0.3) is 0 Å². The van der Waals surface area contributed by atoms with E-state index < -0.39 is 17.8 Å². The lowest BCUT2D eigenvalue weighted by Gasteiger charge is -2.09. The zero-order valence-corrected chi connectivity index (χ0v) is 10.3. The molecule has 0 bridgehead atoms. The van der Waals surface area contributed by atoms with Crippen LogP contribution >= 0.6 is 0 Å². The molecule has 19 heavy (non-hydrogen) atoms. The first kappa shape index (κ1) is 13.6. The number of hydrogen-bond donors (Lipinski definition) is 1. The van der Waals surface area contributed by atoms with Gasteiger partial charge in [-0.3, -0.25) is 0 Å². The molecule has 0 aliphatic carbocycles. The van der Waals surface area contributed by atoms with Crippen molar-refractivity contribution in [2.24, 2.45) is 0 Å². The van der Waals surface area contributed by atoms with E-state index in [-0.39, 0.29) is 0 Å². The van der Waals surface area contributed by atoms with Gasteiger partial charge in [-0.1, -0.05) is 36.4 Å². The van der Waals surface area contributed by atoms with E-state index in [1.165, 1.54) is 12.1 Å². The molecular formula is C15H13F3O. The molecule has 0 aliphatic heterocycles. The summed E-state index contributed by atoms with van der Waals surface area (Å²) in [7, 11) is 0. The topological polar surface area (TPSA) is 20.2 Å². The highest BCUT2D eigenvalue weighted by atomic mass is 19.4. The molecule has 0 aliphatic rings. The minimum absolute atomic E-state index is 0.554. The summed E-state index contributed by atoms with van der Waals surface area (Å²) in [6, 6.07) is 12.1. The van der Waals surface area contributed by atoms with Crippen LogP contribution in [0.15, 0.2) is 48.5 Å². The summed E-state index contributed by atoms with van der Waals surface area (Å²) in [4.78, 5) is 0. The first-order valence-electron chi connectivity index (χ1n) is 5.83. The number of benzene rings is 2. The van der Waals surface area contributed by atoms with Crippen molar-refractivity contribution in [1.29, 1.82) is 0 Å². The van der Waals surface area contributed by atoms with Crippen molar-refractivity contribution < 1.29 is 18.3 Å². The van der Waals surface area contributed by atoms with Crippen LogP contribution in [0, 0.1) is 0 Å². The van der Waals surface area contributed by atoms with Gasteiger partial charge in [0.05, 0.1) is 11.7 Å². The minimum atomic E-state index is -4.31. The quantitative estimate of drug-likeness (QED) is 0.852. The normalized spacial score (nSPS) is 13.3. The maximum atomic E-state index is 12.4. The van der Waals surface area contributed by atoms with E-state index in [0.717, 1.165) is 23.3 Å². The van der Waals surface area contributed by atoms with Gasteiger partial charge in [-0.05, 0) is 35.7 Å². The highest BCUT2D eigenvalue weighted by Crippen LogP contribution is 2.31. The van der Waals surface area contributed by atoms with Crippen LogP contribution in [0.1, 0.15) is 24.2 Å². The Kier molecular flexibility index (Phi) is 3.62. The van der Waals surface area contributed by atoms with Crippen LogP contribution in [0.5, 0.6) is 0 Å². The Morgan fingerprint density at radius 1 is 0.842 bits per heavy atom. The molecule has 0 fully saturated rings. The second kappa shape index (κ2) is 5.05. The zero-order chi connectivity index (χ0) is 14.0. The highest BCUT2D eigenvalue weighted by molar-refractivity contribution is 5.64. The molecule has 1 atom stereocenters. The Morgan fingerprint density at radius 3 is 1.63 bits per heavy atom. The van der Waals surface area contributed by atoms with Crippen LogP contribution in [0.25, 0.3) is 11.1 Å². The molecule has 0 aromatic heterocycles. The van der Waals surface area contributed by atoms with E-state index in [0.29, 0.717) is 5.56 Å². The Hall–Kier alpha value is -1.81. The molecule has 1 nitrogen and oxygen atoms in total. The fraction of sp³-hybridized carbons (Fsp3) is 0.200. The zero-order valence-electron chi connectivity index (χ0n) is 10.3. The smallest absolute Gasteiger partial charge is 0.389 e. The largest absolute Gasteiger partial charge is 0.416 e. The standard InChI is InChI=1S/C15H13F3O/c1-10(19)11-2-4-12(5-3-11)13-6-8-14(9-7-13)15(16,17)18/h2-10,19H,1H3/t10-/m0/s1. The third kappa shape index (κ3) is 3.15. The summed E-state index contributed by atoms with van der Waals surface area (Å²) in [6.45, 7) is 1.66. The van der Waals surface area contributed by atoms with Crippen molar-refractivity contribution in [3.63, 3.8) is 0 Å². The van der Waals surface area contributed by atoms with Gasteiger partial charge in [-0.25, -0.2) is 0 Å². The van der Waals surface area contributed by atoms with Crippen molar-refractivity contribution in [2.45, 2.75) is 19.2 Å². The van der Waals surface area contributed by atoms with E-state index in [4.69, 9.17) is 0 Å². The molecule has 0 spiro atoms. The minimum Gasteiger partial charge on any atom is -0.389 e. The number of alkyl halides is 3. The lowest BCUT2D eigenvalue weighted by atomic mass is 10.0. The summed E-state index contributed by atoms with van der Waals surface area (Å²) in [5, 5.41) is 9.39. The Morgan fingerprint density at radius 2 is 1.26 bits per heavy atom. The third-order valence-corrected chi connectivity index (χ3v) is 2.94. The molecule has 0 radical (unpaired) electrons. The van der Waals surface area contributed by atoms with Crippen molar-refractivity contribution in [1.82, 2.24) is 0 Å². The first-order valence-corrected chi connectivity index (χ1v) is 5.83. The van der Waals surface area contributed by atoms with Gasteiger partial charge in [0, 0.05) is 0 Å². The molecule has 1 N–H and O–H groups in total. The van der Waals surface area contributed by atoms with Crippen LogP contribution in [-0.4, -0.2) is 5.11 Å². The van der Waals surface area contributed by atoms with Crippen LogP contribution < -0.4 is 0 Å². The van der Waals surface area contributed by atoms with Crippen molar-refractivity contribution in [3.05, 3.63) is 59.7 Å². The van der Waals surface area contributed by atoms with Gasteiger partial charge >= 0.3 is 6.18 Å². The van der Waals surface area contributed by atoms with Crippen molar-refractivity contribution in [3.8, 4) is 11.1 Å². The van der Waals surface area contributed by atoms with E-state index in [1.54, 1.807) is 31.2 Å². The van der Waals surface area contributed by atoms with Gasteiger partial charge in [0.2, 0.25) is 0 Å². The molecule has 0 saturated carbocycles. The molecule has 2 aromatic carbocycles. The van der Waals surface area contributed by atoms with Gasteiger partial charge in [0.15, 0.2) is 0 Å². The first-order chi connectivity index (χ1) is 8.88. The molecule has 4 heteroatoms. The summed E-state index contributed by atoms with van der Waals surface area (Å²) in [5.74, 6) is 0. The van der Waals surface area contributed by atoms with Gasteiger partial charge in [-0.2, -0.15) is 13.2 Å². The summed E-state index contributed by atoms with van der Waals surface area (Å²) in [6.07, 6.45) is -4.86. The van der Waals surface area contributed by atoms with Crippen LogP contribution in [-0.2, 0) is 6.18 Å². The SMILES string of the molecule is C[C@H](O)c1ccc(-c2ccc(C(F)(F)F)cc2)cc1. The fourth-order valence-electron chi connectivity index (χ4n) is 1.81. The molecule has 0 amide bonds. The van der Waals surface area contributed by atoms with E-state index in [2.05, 4.69) is 0 Å². The number of halogens is 3. The Bertz CT molecular complexity index is 539. The number of aliphatic hydroxyl groups is 1. The predicted octanol–water partition coefficient (Wildman–Crippen LogP) is 4.43. The lowest BCUT2D eigenvalue weighted by molar-refractivity contribution is -0.137. The van der Waals surface area contributed by atoms with Crippen LogP contribution in [0.3, 0.4) is 0 Å². The molecule has 0 saturated heterocycles. The predicted molar refractivity (Wildman–Crippen MR) is 67.5 cm³/mol. The lowest BCUT2D eigenvalue weighted by Crippen LogP contribution is -2.03. The van der Waals surface area contributed by atoms with Gasteiger partial charge in [-0.15, -0.1) is 0 Å². The highest BCUT2D eigenvalue weighted by Gasteiger charge is 2.29. The van der Waals surface area contributed by atoms with Crippen molar-refractivity contribution in [2.75, 3.05) is 0 Å². The summed E-state index contributed by atoms with van der Waals surface area (Å²) >= 11 is 0. The van der Waals surface area contributed by atoms with E-state index in [1.807, 2.05) is 0 Å².